The second kappa shape index (κ2) is 6.53. The number of hydrogen-bond donors (Lipinski definition) is 1. The van der Waals surface area contributed by atoms with Crippen LogP contribution in [0.4, 0.5) is 5.69 Å². The summed E-state index contributed by atoms with van der Waals surface area (Å²) in [6.45, 7) is 3.88. The molecule has 0 bridgehead atoms. The Morgan fingerprint density at radius 1 is 1.37 bits per heavy atom. The highest BCUT2D eigenvalue weighted by Gasteiger charge is 2.45. The first kappa shape index (κ1) is 18.6. The number of allylic oxidation sites excluding steroid dienone is 2. The van der Waals surface area contributed by atoms with Crippen LogP contribution in [0.1, 0.15) is 38.2 Å². The minimum Gasteiger partial charge on any atom is -0.465 e. The van der Waals surface area contributed by atoms with Gasteiger partial charge >= 0.3 is 5.97 Å². The lowest BCUT2D eigenvalue weighted by molar-refractivity contribution is -0.384. The van der Waals surface area contributed by atoms with E-state index in [-0.39, 0.29) is 34.8 Å². The van der Waals surface area contributed by atoms with Crippen LogP contribution < -0.4 is 5.73 Å². The van der Waals surface area contributed by atoms with Crippen LogP contribution in [0.5, 0.6) is 0 Å². The summed E-state index contributed by atoms with van der Waals surface area (Å²) in [7, 11) is 1.20. The van der Waals surface area contributed by atoms with Gasteiger partial charge in [-0.3, -0.25) is 14.9 Å². The summed E-state index contributed by atoms with van der Waals surface area (Å²) in [6.07, 6.45) is 0.740. The van der Waals surface area contributed by atoms with Gasteiger partial charge in [0.1, 0.15) is 11.3 Å². The van der Waals surface area contributed by atoms with Crippen LogP contribution >= 0.6 is 0 Å². The Hall–Kier alpha value is -3.16. The normalized spacial score (nSPS) is 21.4. The molecule has 2 aliphatic rings. The van der Waals surface area contributed by atoms with Crippen molar-refractivity contribution in [1.29, 1.82) is 0 Å². The first-order chi connectivity index (χ1) is 12.6. The van der Waals surface area contributed by atoms with Gasteiger partial charge in [0.15, 0.2) is 5.78 Å². The van der Waals surface area contributed by atoms with E-state index in [1.54, 1.807) is 6.07 Å². The molecule has 0 saturated carbocycles. The molecule has 1 atom stereocenters. The van der Waals surface area contributed by atoms with Crippen molar-refractivity contribution in [3.63, 3.8) is 0 Å². The molecular weight excluding hydrogens is 352 g/mol. The molecule has 0 fully saturated rings. The number of benzene rings is 1. The number of nitro benzene ring substituents is 1. The molecule has 0 aromatic heterocycles. The van der Waals surface area contributed by atoms with Crippen molar-refractivity contribution >= 4 is 17.4 Å². The third kappa shape index (κ3) is 3.30. The van der Waals surface area contributed by atoms with E-state index in [1.807, 2.05) is 13.8 Å². The van der Waals surface area contributed by atoms with E-state index in [0.29, 0.717) is 23.3 Å². The minimum absolute atomic E-state index is 0.0233. The molecule has 0 unspecified atom stereocenters. The number of carbonyl (C=O) groups is 2. The number of ketones is 1. The maximum Gasteiger partial charge on any atom is 0.340 e. The quantitative estimate of drug-likeness (QED) is 0.492. The minimum atomic E-state index is -0.871. The zero-order valence-electron chi connectivity index (χ0n) is 15.3. The average molecular weight is 372 g/mol. The molecule has 0 radical (unpaired) electrons. The van der Waals surface area contributed by atoms with Gasteiger partial charge in [0.25, 0.3) is 5.69 Å². The number of methoxy groups -OCH3 is 1. The Balaban J connectivity index is 2.23. The van der Waals surface area contributed by atoms with Crippen LogP contribution in [0.3, 0.4) is 0 Å². The fraction of sp³-hybridized carbons (Fsp3) is 0.368. The van der Waals surface area contributed by atoms with Crippen molar-refractivity contribution in [2.75, 3.05) is 7.11 Å². The van der Waals surface area contributed by atoms with Crippen molar-refractivity contribution < 1.29 is 24.0 Å². The maximum atomic E-state index is 12.9. The molecular formula is C19H20N2O6. The molecule has 3 rings (SSSR count). The summed E-state index contributed by atoms with van der Waals surface area (Å²) in [5.74, 6) is -1.54. The highest BCUT2D eigenvalue weighted by Crippen LogP contribution is 2.48. The Labute approximate surface area is 155 Å². The van der Waals surface area contributed by atoms with Crippen LogP contribution in [-0.2, 0) is 19.1 Å². The number of Topliss-reactive ketones (excluding diaryl/α,β-unsaturated/α-hetero) is 1. The molecule has 1 aromatic rings. The van der Waals surface area contributed by atoms with Gasteiger partial charge < -0.3 is 15.2 Å². The van der Waals surface area contributed by atoms with Crippen LogP contribution in [0.25, 0.3) is 0 Å². The fourth-order valence-electron chi connectivity index (χ4n) is 3.64. The largest absolute Gasteiger partial charge is 0.465 e. The SMILES string of the molecule is COC(=O)C1=C(N)OC2=C(C(=O)CC(C)(C)C2)[C@H]1c1cccc([N+](=O)[O-])c1. The van der Waals surface area contributed by atoms with E-state index in [9.17, 15) is 19.7 Å². The number of non-ortho nitro benzene ring substituents is 1. The Bertz CT molecular complexity index is 913. The summed E-state index contributed by atoms with van der Waals surface area (Å²) >= 11 is 0. The summed E-state index contributed by atoms with van der Waals surface area (Å²) in [5, 5.41) is 11.2. The van der Waals surface area contributed by atoms with Crippen molar-refractivity contribution in [1.82, 2.24) is 0 Å². The van der Waals surface area contributed by atoms with Crippen molar-refractivity contribution in [3.8, 4) is 0 Å². The van der Waals surface area contributed by atoms with Gasteiger partial charge in [0.2, 0.25) is 5.88 Å². The van der Waals surface area contributed by atoms with Crippen molar-refractivity contribution in [2.45, 2.75) is 32.6 Å². The molecule has 8 heteroatoms. The monoisotopic (exact) mass is 372 g/mol. The summed E-state index contributed by atoms with van der Waals surface area (Å²) < 4.78 is 10.5. The number of esters is 1. The lowest BCUT2D eigenvalue weighted by atomic mass is 9.70. The first-order valence-electron chi connectivity index (χ1n) is 8.41. The molecule has 1 aliphatic heterocycles. The second-order valence-electron chi connectivity index (χ2n) is 7.43. The van der Waals surface area contributed by atoms with Crippen molar-refractivity contribution in [2.24, 2.45) is 11.1 Å². The molecule has 0 amide bonds. The highest BCUT2D eigenvalue weighted by molar-refractivity contribution is 6.03. The summed E-state index contributed by atoms with van der Waals surface area (Å²) in [4.78, 5) is 35.9. The van der Waals surface area contributed by atoms with Gasteiger partial charge in [-0.2, -0.15) is 0 Å². The maximum absolute atomic E-state index is 12.9. The molecule has 0 spiro atoms. The van der Waals surface area contributed by atoms with Gasteiger partial charge in [-0.05, 0) is 11.0 Å². The Kier molecular flexibility index (Phi) is 4.51. The van der Waals surface area contributed by atoms with Gasteiger partial charge in [-0.1, -0.05) is 26.0 Å². The summed E-state index contributed by atoms with van der Waals surface area (Å²) in [5.41, 5.74) is 6.24. The van der Waals surface area contributed by atoms with Crippen molar-refractivity contribution in [3.05, 3.63) is 62.7 Å². The van der Waals surface area contributed by atoms with Gasteiger partial charge in [0.05, 0.1) is 18.0 Å². The van der Waals surface area contributed by atoms with Crippen LogP contribution in [0, 0.1) is 15.5 Å². The molecule has 1 aromatic carbocycles. The van der Waals surface area contributed by atoms with E-state index >= 15 is 0 Å². The molecule has 1 aliphatic carbocycles. The zero-order chi connectivity index (χ0) is 19.9. The highest BCUT2D eigenvalue weighted by atomic mass is 16.6. The van der Waals surface area contributed by atoms with Crippen LogP contribution in [0.2, 0.25) is 0 Å². The predicted molar refractivity (Wildman–Crippen MR) is 95.2 cm³/mol. The number of ether oxygens (including phenoxy) is 2. The topological polar surface area (TPSA) is 122 Å². The smallest absolute Gasteiger partial charge is 0.340 e. The average Bonchev–Trinajstić information content (AvgIpc) is 2.58. The number of rotatable bonds is 3. The molecule has 8 nitrogen and oxygen atoms in total. The molecule has 142 valence electrons. The third-order valence-electron chi connectivity index (χ3n) is 4.77. The second-order valence-corrected chi connectivity index (χ2v) is 7.43. The first-order valence-corrected chi connectivity index (χ1v) is 8.41. The number of nitrogens with two attached hydrogens (primary N) is 1. The number of nitro groups is 1. The standard InChI is InChI=1S/C19H20N2O6/c1-19(2)8-12(22)15-13(9-19)27-17(20)16(18(23)26-3)14(15)10-5-4-6-11(7-10)21(24)25/h4-7,14H,8-9,20H2,1-3H3/t14-/m1/s1. The van der Waals surface area contributed by atoms with E-state index in [0.717, 1.165) is 0 Å². The van der Waals surface area contributed by atoms with Gasteiger partial charge in [-0.25, -0.2) is 4.79 Å². The molecule has 0 saturated heterocycles. The zero-order valence-corrected chi connectivity index (χ0v) is 15.3. The predicted octanol–water partition coefficient (Wildman–Crippen LogP) is 2.70. The number of carbonyl (C=O) groups excluding carboxylic acids is 2. The Morgan fingerprint density at radius 3 is 2.70 bits per heavy atom. The lowest BCUT2D eigenvalue weighted by Gasteiger charge is -2.37. The van der Waals surface area contributed by atoms with E-state index in [2.05, 4.69) is 0 Å². The lowest BCUT2D eigenvalue weighted by Crippen LogP contribution is -2.35. The van der Waals surface area contributed by atoms with Crippen LogP contribution in [-0.4, -0.2) is 23.8 Å². The van der Waals surface area contributed by atoms with Gasteiger partial charge in [0, 0.05) is 30.5 Å². The summed E-state index contributed by atoms with van der Waals surface area (Å²) in [6, 6.07) is 5.81. The molecule has 1 heterocycles. The van der Waals surface area contributed by atoms with E-state index in [1.165, 1.54) is 25.3 Å². The molecule has 27 heavy (non-hydrogen) atoms. The number of hydrogen-bond acceptors (Lipinski definition) is 7. The van der Waals surface area contributed by atoms with Gasteiger partial charge in [-0.15, -0.1) is 0 Å². The number of nitrogens with zero attached hydrogens (tertiary/aromatic N) is 1. The third-order valence-corrected chi connectivity index (χ3v) is 4.77. The fourth-order valence-corrected chi connectivity index (χ4v) is 3.64. The Morgan fingerprint density at radius 2 is 2.07 bits per heavy atom. The molecule has 2 N–H and O–H groups in total. The van der Waals surface area contributed by atoms with E-state index in [4.69, 9.17) is 15.2 Å². The van der Waals surface area contributed by atoms with Crippen LogP contribution in [0.15, 0.2) is 47.1 Å². The van der Waals surface area contributed by atoms with E-state index < -0.39 is 16.8 Å².